The van der Waals surface area contributed by atoms with Gasteiger partial charge in [0.2, 0.25) is 0 Å². The summed E-state index contributed by atoms with van der Waals surface area (Å²) in [5.41, 5.74) is 0.362. The van der Waals surface area contributed by atoms with Crippen molar-refractivity contribution >= 4 is 97.3 Å². The molecule has 0 aliphatic heterocycles. The Balaban J connectivity index is 1.44. The number of aliphatic hydroxyl groups is 1. The molecule has 0 unspecified atom stereocenters. The van der Waals surface area contributed by atoms with E-state index in [1.165, 1.54) is 56.5 Å². The van der Waals surface area contributed by atoms with Gasteiger partial charge in [-0.3, -0.25) is 0 Å². The zero-order chi connectivity index (χ0) is 22.0. The van der Waals surface area contributed by atoms with E-state index in [9.17, 15) is 5.11 Å². The van der Waals surface area contributed by atoms with Crippen LogP contribution in [0.1, 0.15) is 41.9 Å². The summed E-state index contributed by atoms with van der Waals surface area (Å²) in [4.78, 5) is 2.45. The van der Waals surface area contributed by atoms with E-state index < -0.39 is 5.60 Å². The van der Waals surface area contributed by atoms with Crippen LogP contribution < -0.4 is 0 Å². The monoisotopic (exact) mass is 502 g/mol. The molecule has 6 aromatic rings. The second kappa shape index (κ2) is 7.76. The zero-order valence-corrected chi connectivity index (χ0v) is 21.2. The topological polar surface area (TPSA) is 20.2 Å². The molecule has 33 heavy (non-hydrogen) atoms. The molecule has 1 aliphatic carbocycles. The fourth-order valence-electron chi connectivity index (χ4n) is 5.33. The zero-order valence-electron chi connectivity index (χ0n) is 18.0. The van der Waals surface area contributed by atoms with E-state index in [1.54, 1.807) is 22.7 Å². The Labute approximate surface area is 208 Å². The van der Waals surface area contributed by atoms with Gasteiger partial charge in [-0.25, -0.2) is 0 Å². The van der Waals surface area contributed by atoms with E-state index in [1.807, 2.05) is 22.7 Å². The highest BCUT2D eigenvalue weighted by Gasteiger charge is 2.35. The Morgan fingerprint density at radius 3 is 2.00 bits per heavy atom. The third kappa shape index (κ3) is 3.33. The molecule has 7 rings (SSSR count). The van der Waals surface area contributed by atoms with Crippen molar-refractivity contribution in [3.8, 4) is 0 Å². The Morgan fingerprint density at radius 1 is 0.697 bits per heavy atom. The van der Waals surface area contributed by atoms with Gasteiger partial charge in [-0.05, 0) is 78.2 Å². The molecule has 0 amide bonds. The van der Waals surface area contributed by atoms with Crippen LogP contribution in [0.2, 0.25) is 0 Å². The molecule has 2 aromatic carbocycles. The summed E-state index contributed by atoms with van der Waals surface area (Å²) in [7, 11) is 0. The number of hydrogen-bond donors (Lipinski definition) is 1. The highest BCUT2D eigenvalue weighted by molar-refractivity contribution is 7.22. The van der Waals surface area contributed by atoms with E-state index in [0.717, 1.165) is 31.3 Å². The molecule has 4 aromatic heterocycles. The average molecular weight is 503 g/mol. The lowest BCUT2D eigenvalue weighted by Crippen LogP contribution is -2.32. The lowest BCUT2D eigenvalue weighted by atomic mass is 9.78. The third-order valence-corrected chi connectivity index (χ3v) is 11.0. The highest BCUT2D eigenvalue weighted by atomic mass is 32.1. The van der Waals surface area contributed by atoms with Gasteiger partial charge in [0.1, 0.15) is 0 Å². The molecule has 0 saturated heterocycles. The summed E-state index contributed by atoms with van der Waals surface area (Å²) in [6, 6.07) is 18.1. The van der Waals surface area contributed by atoms with Crippen LogP contribution >= 0.6 is 45.3 Å². The van der Waals surface area contributed by atoms with Gasteiger partial charge < -0.3 is 5.11 Å². The van der Waals surface area contributed by atoms with Crippen molar-refractivity contribution in [2.75, 3.05) is 0 Å². The van der Waals surface area contributed by atoms with Crippen LogP contribution in [-0.2, 0) is 0 Å². The second-order valence-corrected chi connectivity index (χ2v) is 13.1. The van der Waals surface area contributed by atoms with Crippen LogP contribution in [-0.4, -0.2) is 10.7 Å². The largest absolute Gasteiger partial charge is 0.385 e. The fraction of sp³-hybridized carbons (Fsp3) is 0.214. The Kier molecular flexibility index (Phi) is 4.78. The fourth-order valence-corrected chi connectivity index (χ4v) is 9.15. The molecule has 1 fully saturated rings. The van der Waals surface area contributed by atoms with Crippen LogP contribution in [0.25, 0.3) is 52.0 Å². The summed E-state index contributed by atoms with van der Waals surface area (Å²) in [6.07, 6.45) is 7.40. The predicted molar refractivity (Wildman–Crippen MR) is 150 cm³/mol. The Bertz CT molecular complexity index is 1670. The van der Waals surface area contributed by atoms with Crippen LogP contribution in [0.3, 0.4) is 0 Å². The summed E-state index contributed by atoms with van der Waals surface area (Å²) >= 11 is 7.26. The van der Waals surface area contributed by atoms with E-state index in [0.29, 0.717) is 0 Å². The number of fused-ring (bicyclic) bond motifs is 6. The first-order valence-corrected chi connectivity index (χ1v) is 14.8. The van der Waals surface area contributed by atoms with Gasteiger partial charge in [0.25, 0.3) is 0 Å². The van der Waals surface area contributed by atoms with Crippen LogP contribution in [0, 0.1) is 0 Å². The smallest absolute Gasteiger partial charge is 0.0910 e. The quantitative estimate of drug-likeness (QED) is 0.255. The molecule has 0 radical (unpaired) electrons. The lowest BCUT2D eigenvalue weighted by Gasteiger charge is -2.34. The number of rotatable bonds is 3. The van der Waals surface area contributed by atoms with Gasteiger partial charge in [0, 0.05) is 55.7 Å². The van der Waals surface area contributed by atoms with Gasteiger partial charge in [-0.1, -0.05) is 19.3 Å². The van der Waals surface area contributed by atoms with Crippen molar-refractivity contribution in [2.24, 2.45) is 0 Å². The predicted octanol–water partition coefficient (Wildman–Crippen LogP) is 9.78. The van der Waals surface area contributed by atoms with Crippen molar-refractivity contribution in [1.29, 1.82) is 0 Å². The summed E-state index contributed by atoms with van der Waals surface area (Å²) in [6.45, 7) is 0. The van der Waals surface area contributed by atoms with Crippen molar-refractivity contribution in [2.45, 2.75) is 37.7 Å². The average Bonchev–Trinajstić information content (AvgIpc) is 3.61. The van der Waals surface area contributed by atoms with Crippen molar-refractivity contribution < 1.29 is 5.11 Å². The standard InChI is InChI=1S/C28H22OS4/c29-28(10-2-1-3-11-28)22(27-16-21-19-9-13-31-24(19)5-7-26(21)33-27)15-17-14-20-18-8-12-30-23(18)4-6-25(20)32-17/h4-9,12-16,29H,1-3,10-11H2/b22-15+. The van der Waals surface area contributed by atoms with Crippen LogP contribution in [0.5, 0.6) is 0 Å². The molecule has 0 bridgehead atoms. The number of benzene rings is 2. The minimum Gasteiger partial charge on any atom is -0.385 e. The molecule has 1 saturated carbocycles. The maximum atomic E-state index is 11.9. The first-order valence-electron chi connectivity index (χ1n) is 11.4. The number of hydrogen-bond acceptors (Lipinski definition) is 5. The summed E-state index contributed by atoms with van der Waals surface area (Å²) in [5, 5.41) is 21.6. The number of thiophene rings is 4. The van der Waals surface area contributed by atoms with Crippen molar-refractivity contribution in [1.82, 2.24) is 0 Å². The van der Waals surface area contributed by atoms with E-state index in [-0.39, 0.29) is 0 Å². The molecule has 4 heterocycles. The van der Waals surface area contributed by atoms with Crippen LogP contribution in [0.15, 0.2) is 59.3 Å². The first-order chi connectivity index (χ1) is 16.2. The minimum atomic E-state index is -0.749. The molecule has 0 spiro atoms. The molecular weight excluding hydrogens is 481 g/mol. The lowest BCUT2D eigenvalue weighted by molar-refractivity contribution is 0.0622. The first kappa shape index (κ1) is 20.4. The summed E-state index contributed by atoms with van der Waals surface area (Å²) in [5.74, 6) is 0. The molecule has 164 valence electrons. The Hall–Kier alpha value is -2.02. The van der Waals surface area contributed by atoms with Gasteiger partial charge in [-0.2, -0.15) is 0 Å². The molecule has 0 atom stereocenters. The molecule has 1 N–H and O–H groups in total. The van der Waals surface area contributed by atoms with Crippen LogP contribution in [0.4, 0.5) is 0 Å². The SMILES string of the molecule is OC1(/C(=C/c2cc3c(ccc4sccc43)s2)c2cc3c(ccc4sccc43)s2)CCCCC1. The Morgan fingerprint density at radius 2 is 1.30 bits per heavy atom. The molecule has 5 heteroatoms. The third-order valence-electron chi connectivity index (χ3n) is 7.02. The van der Waals surface area contributed by atoms with E-state index in [4.69, 9.17) is 0 Å². The highest BCUT2D eigenvalue weighted by Crippen LogP contribution is 2.46. The van der Waals surface area contributed by atoms with Crippen molar-refractivity contribution in [3.05, 3.63) is 69.0 Å². The molecule has 1 aliphatic rings. The maximum absolute atomic E-state index is 11.9. The molecular formula is C28H22OS4. The molecule has 1 nitrogen and oxygen atoms in total. The van der Waals surface area contributed by atoms with E-state index >= 15 is 0 Å². The van der Waals surface area contributed by atoms with E-state index in [2.05, 4.69) is 65.4 Å². The maximum Gasteiger partial charge on any atom is 0.0910 e. The van der Waals surface area contributed by atoms with Gasteiger partial charge in [0.05, 0.1) is 5.60 Å². The minimum absolute atomic E-state index is 0.749. The van der Waals surface area contributed by atoms with Crippen molar-refractivity contribution in [3.63, 3.8) is 0 Å². The van der Waals surface area contributed by atoms with Gasteiger partial charge in [-0.15, -0.1) is 45.3 Å². The second-order valence-electron chi connectivity index (χ2n) is 9.03. The van der Waals surface area contributed by atoms with Gasteiger partial charge >= 0.3 is 0 Å². The normalized spacial score (nSPS) is 17.1. The summed E-state index contributed by atoms with van der Waals surface area (Å²) < 4.78 is 5.29. The van der Waals surface area contributed by atoms with Gasteiger partial charge in [0.15, 0.2) is 0 Å².